The molecular weight excluding hydrogens is 563 g/mol. The van der Waals surface area contributed by atoms with Crippen molar-refractivity contribution in [3.63, 3.8) is 0 Å². The van der Waals surface area contributed by atoms with Crippen LogP contribution in [0.5, 0.6) is 0 Å². The lowest BCUT2D eigenvalue weighted by molar-refractivity contribution is -0.172. The van der Waals surface area contributed by atoms with Gasteiger partial charge in [0.1, 0.15) is 28.7 Å². The Hall–Kier alpha value is -4.52. The number of imidazole rings is 1. The SMILES string of the molecule is C[C@H]1CC[C@@H](c2nc(-c3ccc(C(=O)Nc4cc(C(F)(F)F)ccn4)cc3)c3c(N)nccn23)CN1C(=O)C1(C)COC1. The summed E-state index contributed by atoms with van der Waals surface area (Å²) >= 11 is 0. The molecule has 4 aromatic rings. The average molecular weight is 594 g/mol. The highest BCUT2D eigenvalue weighted by molar-refractivity contribution is 6.04. The summed E-state index contributed by atoms with van der Waals surface area (Å²) in [5.74, 6) is 0.272. The van der Waals surface area contributed by atoms with Gasteiger partial charge in [0, 0.05) is 48.2 Å². The number of pyridine rings is 1. The van der Waals surface area contributed by atoms with Crippen LogP contribution in [0.25, 0.3) is 16.8 Å². The van der Waals surface area contributed by atoms with Crippen molar-refractivity contribution in [3.8, 4) is 11.3 Å². The fraction of sp³-hybridized carbons (Fsp3) is 0.367. The number of halogens is 3. The van der Waals surface area contributed by atoms with Crippen LogP contribution in [0.4, 0.5) is 24.8 Å². The number of carbonyl (C=O) groups excluding carboxylic acids is 2. The standard InChI is InChI=1S/C30H30F3N7O3/c1-17-3-4-20(14-40(17)28(42)29(2)15-43-16-29)26-38-23(24-25(34)36-11-12-39(24)26)18-5-7-19(8-6-18)27(41)37-22-13-21(9-10-35-22)30(31,32)33/h5-13,17,20H,3-4,14-16H2,1-2H3,(H2,34,36)(H,35,37,41)/t17-,20+/m0/s1. The number of nitrogens with zero attached hydrogens (tertiary/aromatic N) is 5. The summed E-state index contributed by atoms with van der Waals surface area (Å²) < 4.78 is 46.4. The highest BCUT2D eigenvalue weighted by Gasteiger charge is 2.46. The van der Waals surface area contributed by atoms with E-state index in [0.717, 1.165) is 37.0 Å². The molecule has 3 N–H and O–H groups in total. The van der Waals surface area contributed by atoms with Crippen molar-refractivity contribution < 1.29 is 27.5 Å². The van der Waals surface area contributed by atoms with Gasteiger partial charge in [-0.1, -0.05) is 12.1 Å². The van der Waals surface area contributed by atoms with Crippen LogP contribution in [0.15, 0.2) is 55.0 Å². The number of amides is 2. The van der Waals surface area contributed by atoms with Crippen molar-refractivity contribution in [1.82, 2.24) is 24.3 Å². The van der Waals surface area contributed by atoms with Crippen molar-refractivity contribution in [2.75, 3.05) is 30.8 Å². The zero-order valence-electron chi connectivity index (χ0n) is 23.6. The normalized spacial score (nSPS) is 20.1. The first-order chi connectivity index (χ1) is 20.4. The molecule has 0 aliphatic carbocycles. The summed E-state index contributed by atoms with van der Waals surface area (Å²) in [6, 6.07) is 8.22. The second kappa shape index (κ2) is 10.6. The number of ether oxygens (including phenoxy) is 1. The molecule has 0 bridgehead atoms. The molecule has 10 nitrogen and oxygen atoms in total. The smallest absolute Gasteiger partial charge is 0.382 e. The van der Waals surface area contributed by atoms with Crippen LogP contribution in [0, 0.1) is 5.41 Å². The van der Waals surface area contributed by atoms with E-state index in [1.165, 1.54) is 0 Å². The Morgan fingerprint density at radius 3 is 2.51 bits per heavy atom. The van der Waals surface area contributed by atoms with Crippen LogP contribution in [-0.2, 0) is 15.7 Å². The van der Waals surface area contributed by atoms with E-state index in [4.69, 9.17) is 15.5 Å². The van der Waals surface area contributed by atoms with Gasteiger partial charge in [0.15, 0.2) is 0 Å². The van der Waals surface area contributed by atoms with E-state index in [9.17, 15) is 22.8 Å². The molecule has 3 aromatic heterocycles. The summed E-state index contributed by atoms with van der Waals surface area (Å²) in [5, 5.41) is 2.41. The molecule has 0 saturated carbocycles. The van der Waals surface area contributed by atoms with Crippen molar-refractivity contribution in [1.29, 1.82) is 0 Å². The zero-order valence-corrected chi connectivity index (χ0v) is 23.6. The number of aromatic nitrogens is 4. The number of hydrogen-bond donors (Lipinski definition) is 2. The first-order valence-electron chi connectivity index (χ1n) is 13.9. The molecule has 2 saturated heterocycles. The van der Waals surface area contributed by atoms with Crippen LogP contribution in [-0.4, -0.2) is 61.9 Å². The molecule has 6 rings (SSSR count). The van der Waals surface area contributed by atoms with Gasteiger partial charge in [0.2, 0.25) is 5.91 Å². The molecule has 43 heavy (non-hydrogen) atoms. The summed E-state index contributed by atoms with van der Waals surface area (Å²) in [6.07, 6.45) is 1.50. The monoisotopic (exact) mass is 593 g/mol. The highest BCUT2D eigenvalue weighted by atomic mass is 19.4. The van der Waals surface area contributed by atoms with Gasteiger partial charge in [-0.05, 0) is 51.0 Å². The highest BCUT2D eigenvalue weighted by Crippen LogP contribution is 2.38. The molecule has 1 aromatic carbocycles. The second-order valence-electron chi connectivity index (χ2n) is 11.4. The van der Waals surface area contributed by atoms with E-state index >= 15 is 0 Å². The number of carbonyl (C=O) groups is 2. The number of nitrogen functional groups attached to an aromatic ring is 1. The van der Waals surface area contributed by atoms with E-state index in [1.807, 2.05) is 16.2 Å². The lowest BCUT2D eigenvalue weighted by atomic mass is 9.84. The van der Waals surface area contributed by atoms with Gasteiger partial charge in [0.05, 0.1) is 24.2 Å². The van der Waals surface area contributed by atoms with E-state index in [-0.39, 0.29) is 35.1 Å². The fourth-order valence-corrected chi connectivity index (χ4v) is 5.70. The number of piperidine rings is 1. The number of rotatable bonds is 5. The number of fused-ring (bicyclic) bond motifs is 1. The predicted molar refractivity (Wildman–Crippen MR) is 152 cm³/mol. The number of benzene rings is 1. The number of hydrogen-bond acceptors (Lipinski definition) is 7. The van der Waals surface area contributed by atoms with Crippen LogP contribution >= 0.6 is 0 Å². The molecule has 2 aliphatic heterocycles. The Kier molecular flexibility index (Phi) is 7.07. The molecule has 2 aliphatic rings. The Labute approximate surface area is 245 Å². The average Bonchev–Trinajstić information content (AvgIpc) is 3.36. The molecule has 0 unspecified atom stereocenters. The Morgan fingerprint density at radius 1 is 1.09 bits per heavy atom. The Bertz CT molecular complexity index is 1700. The van der Waals surface area contributed by atoms with Crippen molar-refractivity contribution in [3.05, 3.63) is 71.9 Å². The van der Waals surface area contributed by atoms with Gasteiger partial charge < -0.3 is 20.7 Å². The molecular formula is C30H30F3N7O3. The van der Waals surface area contributed by atoms with Gasteiger partial charge in [-0.3, -0.25) is 14.0 Å². The third-order valence-corrected chi connectivity index (χ3v) is 8.23. The molecule has 5 heterocycles. The van der Waals surface area contributed by atoms with Gasteiger partial charge in [0.25, 0.3) is 5.91 Å². The topological polar surface area (TPSA) is 128 Å². The quantitative estimate of drug-likeness (QED) is 0.341. The number of anilines is 2. The number of nitrogens with two attached hydrogens (primary N) is 1. The van der Waals surface area contributed by atoms with Crippen molar-refractivity contribution >= 4 is 29.0 Å². The minimum Gasteiger partial charge on any atom is -0.382 e. The summed E-state index contributed by atoms with van der Waals surface area (Å²) in [7, 11) is 0. The van der Waals surface area contributed by atoms with Gasteiger partial charge in [-0.2, -0.15) is 13.2 Å². The second-order valence-corrected chi connectivity index (χ2v) is 11.4. The van der Waals surface area contributed by atoms with Crippen molar-refractivity contribution in [2.24, 2.45) is 5.41 Å². The van der Waals surface area contributed by atoms with Crippen LogP contribution in [0.3, 0.4) is 0 Å². The number of alkyl halides is 3. The molecule has 224 valence electrons. The first-order valence-corrected chi connectivity index (χ1v) is 13.9. The number of nitrogens with one attached hydrogen (secondary N) is 1. The Morgan fingerprint density at radius 2 is 1.84 bits per heavy atom. The number of likely N-dealkylation sites (tertiary alicyclic amines) is 1. The summed E-state index contributed by atoms with van der Waals surface area (Å²) in [6.45, 7) is 5.35. The van der Waals surface area contributed by atoms with Gasteiger partial charge >= 0.3 is 6.18 Å². The predicted octanol–water partition coefficient (Wildman–Crippen LogP) is 4.78. The maximum Gasteiger partial charge on any atom is 0.416 e. The summed E-state index contributed by atoms with van der Waals surface area (Å²) in [4.78, 5) is 41.2. The van der Waals surface area contributed by atoms with Gasteiger partial charge in [-0.25, -0.2) is 15.0 Å². The fourth-order valence-electron chi connectivity index (χ4n) is 5.70. The molecule has 2 atom stereocenters. The lowest BCUT2D eigenvalue weighted by Crippen LogP contribution is -2.57. The molecule has 0 radical (unpaired) electrons. The maximum absolute atomic E-state index is 13.4. The zero-order chi connectivity index (χ0) is 30.5. The molecule has 2 amide bonds. The van der Waals surface area contributed by atoms with E-state index in [1.54, 1.807) is 36.7 Å². The minimum absolute atomic E-state index is 0.0437. The van der Waals surface area contributed by atoms with Crippen LogP contribution in [0.1, 0.15) is 54.4 Å². The van der Waals surface area contributed by atoms with E-state index in [0.29, 0.717) is 36.5 Å². The van der Waals surface area contributed by atoms with Crippen molar-refractivity contribution in [2.45, 2.75) is 44.8 Å². The third-order valence-electron chi connectivity index (χ3n) is 8.23. The van der Waals surface area contributed by atoms with Gasteiger partial charge in [-0.15, -0.1) is 0 Å². The van der Waals surface area contributed by atoms with Crippen LogP contribution in [0.2, 0.25) is 0 Å². The lowest BCUT2D eigenvalue weighted by Gasteiger charge is -2.45. The maximum atomic E-state index is 13.4. The molecule has 13 heteroatoms. The molecule has 0 spiro atoms. The minimum atomic E-state index is -4.56. The van der Waals surface area contributed by atoms with E-state index in [2.05, 4.69) is 22.2 Å². The summed E-state index contributed by atoms with van der Waals surface area (Å²) in [5.41, 5.74) is 6.99. The van der Waals surface area contributed by atoms with Crippen LogP contribution < -0.4 is 11.1 Å². The molecule has 2 fully saturated rings. The first kappa shape index (κ1) is 28.6. The van der Waals surface area contributed by atoms with E-state index < -0.39 is 23.1 Å². The third kappa shape index (κ3) is 5.29. The largest absolute Gasteiger partial charge is 0.416 e. The Balaban J connectivity index is 1.27.